The van der Waals surface area contributed by atoms with E-state index in [2.05, 4.69) is 44.3 Å². The molecule has 1 unspecified atom stereocenters. The van der Waals surface area contributed by atoms with E-state index in [-0.39, 0.29) is 0 Å². The molecular weight excluding hydrogens is 258 g/mol. The molecular formula is C19H31NO. The monoisotopic (exact) mass is 289 g/mol. The Morgan fingerprint density at radius 3 is 2.57 bits per heavy atom. The van der Waals surface area contributed by atoms with E-state index >= 15 is 0 Å². The first-order chi connectivity index (χ1) is 10.1. The van der Waals surface area contributed by atoms with Crippen molar-refractivity contribution in [1.82, 2.24) is 5.32 Å². The van der Waals surface area contributed by atoms with Gasteiger partial charge in [0.1, 0.15) is 5.75 Å². The van der Waals surface area contributed by atoms with Gasteiger partial charge in [-0.15, -0.1) is 0 Å². The summed E-state index contributed by atoms with van der Waals surface area (Å²) in [5, 5.41) is 3.81. The number of methoxy groups -OCH3 is 1. The fraction of sp³-hybridized carbons (Fsp3) is 0.684. The largest absolute Gasteiger partial charge is 0.496 e. The molecule has 2 nitrogen and oxygen atoms in total. The lowest BCUT2D eigenvalue weighted by molar-refractivity contribution is 0.265. The molecule has 1 atom stereocenters. The predicted molar refractivity (Wildman–Crippen MR) is 89.9 cm³/mol. The van der Waals surface area contributed by atoms with Crippen molar-refractivity contribution in [3.63, 3.8) is 0 Å². The first kappa shape index (κ1) is 16.4. The lowest BCUT2D eigenvalue weighted by Gasteiger charge is -2.31. The van der Waals surface area contributed by atoms with Gasteiger partial charge in [0, 0.05) is 17.6 Å². The Kier molecular flexibility index (Phi) is 6.10. The summed E-state index contributed by atoms with van der Waals surface area (Å²) in [6, 6.07) is 7.53. The quantitative estimate of drug-likeness (QED) is 0.794. The Morgan fingerprint density at radius 2 is 1.95 bits per heavy atom. The van der Waals surface area contributed by atoms with Crippen molar-refractivity contribution < 1.29 is 4.74 Å². The van der Waals surface area contributed by atoms with Crippen LogP contribution >= 0.6 is 0 Å². The van der Waals surface area contributed by atoms with E-state index in [1.54, 1.807) is 7.11 Å². The molecule has 0 aliphatic heterocycles. The van der Waals surface area contributed by atoms with Gasteiger partial charge in [-0.1, -0.05) is 31.9 Å². The highest BCUT2D eigenvalue weighted by atomic mass is 16.5. The van der Waals surface area contributed by atoms with Gasteiger partial charge in [-0.2, -0.15) is 0 Å². The van der Waals surface area contributed by atoms with Crippen LogP contribution in [0.2, 0.25) is 0 Å². The molecule has 2 heteroatoms. The van der Waals surface area contributed by atoms with Gasteiger partial charge in [0.15, 0.2) is 0 Å². The molecule has 1 aromatic rings. The van der Waals surface area contributed by atoms with Crippen LogP contribution in [0, 0.1) is 12.8 Å². The van der Waals surface area contributed by atoms with Gasteiger partial charge in [0.2, 0.25) is 0 Å². The van der Waals surface area contributed by atoms with Crippen LogP contribution in [0.5, 0.6) is 5.75 Å². The lowest BCUT2D eigenvalue weighted by atomic mass is 9.83. The summed E-state index contributed by atoms with van der Waals surface area (Å²) in [4.78, 5) is 0. The average Bonchev–Trinajstić information content (AvgIpc) is 2.49. The summed E-state index contributed by atoms with van der Waals surface area (Å²) in [5.74, 6) is 1.98. The predicted octanol–water partition coefficient (Wildman–Crippen LogP) is 5.01. The molecule has 118 valence electrons. The molecule has 1 aliphatic carbocycles. The van der Waals surface area contributed by atoms with Crippen LogP contribution < -0.4 is 10.1 Å². The Bertz CT molecular complexity index is 435. The molecule has 1 N–H and O–H groups in total. The van der Waals surface area contributed by atoms with E-state index in [1.807, 2.05) is 0 Å². The summed E-state index contributed by atoms with van der Waals surface area (Å²) in [6.07, 6.45) is 8.17. The number of aryl methyl sites for hydroxylation is 1. The highest BCUT2D eigenvalue weighted by molar-refractivity contribution is 5.39. The normalized spacial score (nSPS) is 23.8. The van der Waals surface area contributed by atoms with Crippen LogP contribution in [0.25, 0.3) is 0 Å². The number of ether oxygens (including phenoxy) is 1. The topological polar surface area (TPSA) is 21.3 Å². The zero-order valence-electron chi connectivity index (χ0n) is 14.1. The molecule has 2 rings (SSSR count). The maximum absolute atomic E-state index is 5.55. The molecule has 0 aromatic heterocycles. The molecule has 0 radical (unpaired) electrons. The standard InChI is InChI=1S/C19H31NO/c1-5-6-16-8-10-17(11-9-16)20-15(3)18-12-7-14(2)13-19(18)21-4/h7,12-13,15-17,20H,5-6,8-11H2,1-4H3. The zero-order chi connectivity index (χ0) is 15.2. The Balaban J connectivity index is 1.92. The maximum Gasteiger partial charge on any atom is 0.123 e. The van der Waals surface area contributed by atoms with E-state index in [0.717, 1.165) is 11.7 Å². The van der Waals surface area contributed by atoms with Crippen LogP contribution in [0.3, 0.4) is 0 Å². The minimum absolute atomic E-state index is 0.355. The molecule has 0 amide bonds. The van der Waals surface area contributed by atoms with Gasteiger partial charge < -0.3 is 10.1 Å². The lowest BCUT2D eigenvalue weighted by Crippen LogP contribution is -2.35. The summed E-state index contributed by atoms with van der Waals surface area (Å²) in [6.45, 7) is 6.67. The maximum atomic E-state index is 5.55. The van der Waals surface area contributed by atoms with Crippen LogP contribution in [-0.2, 0) is 0 Å². The van der Waals surface area contributed by atoms with E-state index in [4.69, 9.17) is 4.74 Å². The Labute approximate surface area is 130 Å². The third kappa shape index (κ3) is 4.47. The number of hydrogen-bond acceptors (Lipinski definition) is 2. The van der Waals surface area contributed by atoms with E-state index < -0.39 is 0 Å². The molecule has 21 heavy (non-hydrogen) atoms. The first-order valence-electron chi connectivity index (χ1n) is 8.54. The van der Waals surface area contributed by atoms with Crippen molar-refractivity contribution in [3.8, 4) is 5.75 Å². The van der Waals surface area contributed by atoms with Gasteiger partial charge in [0.25, 0.3) is 0 Å². The second-order valence-corrected chi connectivity index (χ2v) is 6.64. The van der Waals surface area contributed by atoms with Gasteiger partial charge in [0.05, 0.1) is 7.11 Å². The smallest absolute Gasteiger partial charge is 0.123 e. The van der Waals surface area contributed by atoms with Crippen molar-refractivity contribution in [2.24, 2.45) is 5.92 Å². The van der Waals surface area contributed by atoms with Gasteiger partial charge in [-0.3, -0.25) is 0 Å². The van der Waals surface area contributed by atoms with Gasteiger partial charge in [-0.25, -0.2) is 0 Å². The molecule has 0 spiro atoms. The Morgan fingerprint density at radius 1 is 1.24 bits per heavy atom. The number of nitrogens with one attached hydrogen (secondary N) is 1. The highest BCUT2D eigenvalue weighted by Crippen LogP contribution is 2.31. The Hall–Kier alpha value is -1.02. The molecule has 1 aliphatic rings. The molecule has 0 heterocycles. The summed E-state index contributed by atoms with van der Waals surface area (Å²) in [5.41, 5.74) is 2.53. The van der Waals surface area contributed by atoms with Crippen LogP contribution in [0.15, 0.2) is 18.2 Å². The van der Waals surface area contributed by atoms with Gasteiger partial charge in [-0.05, 0) is 57.1 Å². The van der Waals surface area contributed by atoms with E-state index in [0.29, 0.717) is 12.1 Å². The molecule has 1 aromatic carbocycles. The minimum Gasteiger partial charge on any atom is -0.496 e. The van der Waals surface area contributed by atoms with E-state index in [1.165, 1.54) is 49.7 Å². The zero-order valence-corrected chi connectivity index (χ0v) is 14.1. The fourth-order valence-corrected chi connectivity index (χ4v) is 3.65. The second-order valence-electron chi connectivity index (χ2n) is 6.64. The first-order valence-corrected chi connectivity index (χ1v) is 8.54. The highest BCUT2D eigenvalue weighted by Gasteiger charge is 2.22. The van der Waals surface area contributed by atoms with Crippen LogP contribution in [-0.4, -0.2) is 13.2 Å². The molecule has 1 fully saturated rings. The average molecular weight is 289 g/mol. The summed E-state index contributed by atoms with van der Waals surface area (Å²) in [7, 11) is 1.76. The van der Waals surface area contributed by atoms with Gasteiger partial charge >= 0.3 is 0 Å². The SMILES string of the molecule is CCCC1CCC(NC(C)c2ccc(C)cc2OC)CC1. The van der Waals surface area contributed by atoms with Crippen molar-refractivity contribution >= 4 is 0 Å². The van der Waals surface area contributed by atoms with Crippen LogP contribution in [0.4, 0.5) is 0 Å². The number of hydrogen-bond donors (Lipinski definition) is 1. The van der Waals surface area contributed by atoms with Crippen molar-refractivity contribution in [2.75, 3.05) is 7.11 Å². The van der Waals surface area contributed by atoms with Crippen molar-refractivity contribution in [2.45, 2.75) is 71.4 Å². The molecule has 0 saturated heterocycles. The third-order valence-electron chi connectivity index (χ3n) is 4.88. The second kappa shape index (κ2) is 7.84. The minimum atomic E-state index is 0.355. The number of benzene rings is 1. The van der Waals surface area contributed by atoms with Crippen molar-refractivity contribution in [1.29, 1.82) is 0 Å². The molecule has 0 bridgehead atoms. The van der Waals surface area contributed by atoms with E-state index in [9.17, 15) is 0 Å². The number of rotatable bonds is 6. The summed E-state index contributed by atoms with van der Waals surface area (Å²) < 4.78 is 5.55. The summed E-state index contributed by atoms with van der Waals surface area (Å²) >= 11 is 0. The third-order valence-corrected chi connectivity index (χ3v) is 4.88. The van der Waals surface area contributed by atoms with Crippen LogP contribution in [0.1, 0.15) is 69.5 Å². The molecule has 1 saturated carbocycles. The van der Waals surface area contributed by atoms with Crippen molar-refractivity contribution in [3.05, 3.63) is 29.3 Å². The fourth-order valence-electron chi connectivity index (χ4n) is 3.65.